The quantitative estimate of drug-likeness (QED) is 0.616. The van der Waals surface area contributed by atoms with Crippen LogP contribution in [0.2, 0.25) is 0 Å². The van der Waals surface area contributed by atoms with Crippen LogP contribution < -0.4 is 15.4 Å². The number of carbonyl (C=O) groups is 3. The summed E-state index contributed by atoms with van der Waals surface area (Å²) in [7, 11) is 1.55. The van der Waals surface area contributed by atoms with Crippen LogP contribution in [0.4, 0.5) is 5.69 Å². The fraction of sp³-hybridized carbons (Fsp3) is 0.348. The Hall–Kier alpha value is -3.35. The lowest BCUT2D eigenvalue weighted by Gasteiger charge is -2.24. The van der Waals surface area contributed by atoms with E-state index in [1.807, 2.05) is 13.8 Å². The van der Waals surface area contributed by atoms with Gasteiger partial charge in [0.15, 0.2) is 6.10 Å². The molecule has 3 atom stereocenters. The van der Waals surface area contributed by atoms with Crippen molar-refractivity contribution in [2.24, 2.45) is 5.92 Å². The number of nitrogens with one attached hydrogen (secondary N) is 2. The molecule has 0 heterocycles. The maximum absolute atomic E-state index is 12.7. The molecule has 0 radical (unpaired) electrons. The van der Waals surface area contributed by atoms with Gasteiger partial charge in [-0.3, -0.25) is 9.59 Å². The van der Waals surface area contributed by atoms with E-state index in [0.717, 1.165) is 0 Å². The SMILES string of the molecule is CC[C@H](C)[C@H](NC(=O)c1ccccc1)C(=O)O[C@@H](C)C(=O)Nc1ccc(OC)cc1. The molecule has 7 nitrogen and oxygen atoms in total. The van der Waals surface area contributed by atoms with Crippen molar-refractivity contribution in [3.63, 3.8) is 0 Å². The highest BCUT2D eigenvalue weighted by molar-refractivity contribution is 5.98. The predicted molar refractivity (Wildman–Crippen MR) is 114 cm³/mol. The fourth-order valence-electron chi connectivity index (χ4n) is 2.70. The Bertz CT molecular complexity index is 852. The molecule has 2 rings (SSSR count). The highest BCUT2D eigenvalue weighted by Gasteiger charge is 2.30. The Morgan fingerprint density at radius 1 is 0.967 bits per heavy atom. The second-order valence-electron chi connectivity index (χ2n) is 7.00. The van der Waals surface area contributed by atoms with Crippen molar-refractivity contribution in [3.8, 4) is 5.75 Å². The van der Waals surface area contributed by atoms with Gasteiger partial charge in [0.05, 0.1) is 7.11 Å². The second-order valence-corrected chi connectivity index (χ2v) is 7.00. The average Bonchev–Trinajstić information content (AvgIpc) is 2.77. The zero-order valence-corrected chi connectivity index (χ0v) is 17.7. The fourth-order valence-corrected chi connectivity index (χ4v) is 2.70. The minimum atomic E-state index is -1.03. The first-order valence-electron chi connectivity index (χ1n) is 9.87. The van der Waals surface area contributed by atoms with E-state index in [0.29, 0.717) is 23.4 Å². The van der Waals surface area contributed by atoms with Gasteiger partial charge in [0.25, 0.3) is 11.8 Å². The number of hydrogen-bond donors (Lipinski definition) is 2. The van der Waals surface area contributed by atoms with Gasteiger partial charge in [0.1, 0.15) is 11.8 Å². The number of amides is 2. The Kier molecular flexibility index (Phi) is 8.41. The molecule has 0 aliphatic heterocycles. The normalized spacial score (nSPS) is 13.5. The number of methoxy groups -OCH3 is 1. The lowest BCUT2D eigenvalue weighted by Crippen LogP contribution is -2.47. The molecule has 2 aromatic carbocycles. The zero-order chi connectivity index (χ0) is 22.1. The molecule has 0 saturated heterocycles. The molecule has 2 aromatic rings. The van der Waals surface area contributed by atoms with Crippen LogP contribution in [0.5, 0.6) is 5.75 Å². The van der Waals surface area contributed by atoms with Crippen LogP contribution in [0.25, 0.3) is 0 Å². The lowest BCUT2D eigenvalue weighted by molar-refractivity contribution is -0.156. The van der Waals surface area contributed by atoms with Gasteiger partial charge >= 0.3 is 5.97 Å². The maximum Gasteiger partial charge on any atom is 0.329 e. The van der Waals surface area contributed by atoms with Gasteiger partial charge in [0.2, 0.25) is 0 Å². The molecular weight excluding hydrogens is 384 g/mol. The van der Waals surface area contributed by atoms with Gasteiger partial charge in [-0.05, 0) is 49.2 Å². The van der Waals surface area contributed by atoms with E-state index in [1.165, 1.54) is 6.92 Å². The molecule has 2 amide bonds. The summed E-state index contributed by atoms with van der Waals surface area (Å²) in [6.07, 6.45) is -0.374. The van der Waals surface area contributed by atoms with Gasteiger partial charge in [0, 0.05) is 11.3 Å². The Labute approximate surface area is 176 Å². The molecule has 0 fully saturated rings. The van der Waals surface area contributed by atoms with Crippen LogP contribution in [0.1, 0.15) is 37.6 Å². The van der Waals surface area contributed by atoms with Crippen LogP contribution in [-0.2, 0) is 14.3 Å². The van der Waals surface area contributed by atoms with E-state index >= 15 is 0 Å². The molecule has 0 unspecified atom stereocenters. The topological polar surface area (TPSA) is 93.7 Å². The second kappa shape index (κ2) is 11.0. The molecule has 0 aliphatic carbocycles. The smallest absolute Gasteiger partial charge is 0.329 e. The van der Waals surface area contributed by atoms with Crippen LogP contribution in [-0.4, -0.2) is 37.0 Å². The minimum Gasteiger partial charge on any atom is -0.497 e. The highest BCUT2D eigenvalue weighted by Crippen LogP contribution is 2.16. The molecule has 2 N–H and O–H groups in total. The molecule has 0 aromatic heterocycles. The van der Waals surface area contributed by atoms with Crippen molar-refractivity contribution >= 4 is 23.5 Å². The first-order valence-corrected chi connectivity index (χ1v) is 9.87. The summed E-state index contributed by atoms with van der Waals surface area (Å²) in [5.41, 5.74) is 1.00. The summed E-state index contributed by atoms with van der Waals surface area (Å²) in [5.74, 6) is -0.981. The molecule has 160 valence electrons. The Balaban J connectivity index is 2.00. The number of benzene rings is 2. The average molecular weight is 412 g/mol. The summed E-state index contributed by atoms with van der Waals surface area (Å²) in [4.78, 5) is 37.6. The third-order valence-electron chi connectivity index (χ3n) is 4.81. The number of esters is 1. The van der Waals surface area contributed by atoms with Crippen molar-refractivity contribution in [1.82, 2.24) is 5.32 Å². The van der Waals surface area contributed by atoms with E-state index in [1.54, 1.807) is 61.7 Å². The monoisotopic (exact) mass is 412 g/mol. The summed E-state index contributed by atoms with van der Waals surface area (Å²) < 4.78 is 10.4. The summed E-state index contributed by atoms with van der Waals surface area (Å²) >= 11 is 0. The van der Waals surface area contributed by atoms with E-state index in [9.17, 15) is 14.4 Å². The van der Waals surface area contributed by atoms with Gasteiger partial charge < -0.3 is 20.1 Å². The van der Waals surface area contributed by atoms with Crippen molar-refractivity contribution in [3.05, 3.63) is 60.2 Å². The third kappa shape index (κ3) is 6.34. The summed E-state index contributed by atoms with van der Waals surface area (Å²) in [5, 5.41) is 5.42. The number of ether oxygens (including phenoxy) is 2. The number of rotatable bonds is 9. The minimum absolute atomic E-state index is 0.165. The molecule has 0 saturated carbocycles. The molecule has 30 heavy (non-hydrogen) atoms. The van der Waals surface area contributed by atoms with E-state index in [2.05, 4.69) is 10.6 Å². The zero-order valence-electron chi connectivity index (χ0n) is 17.7. The lowest BCUT2D eigenvalue weighted by atomic mass is 9.98. The molecule has 0 bridgehead atoms. The van der Waals surface area contributed by atoms with Crippen LogP contribution in [0, 0.1) is 5.92 Å². The Morgan fingerprint density at radius 2 is 1.60 bits per heavy atom. The maximum atomic E-state index is 12.7. The summed E-state index contributed by atoms with van der Waals surface area (Å²) in [6.45, 7) is 5.25. The Morgan fingerprint density at radius 3 is 2.17 bits per heavy atom. The van der Waals surface area contributed by atoms with E-state index < -0.39 is 24.0 Å². The van der Waals surface area contributed by atoms with Crippen molar-refractivity contribution in [2.75, 3.05) is 12.4 Å². The molecular formula is C23H28N2O5. The number of carbonyl (C=O) groups excluding carboxylic acids is 3. The number of hydrogen-bond acceptors (Lipinski definition) is 5. The van der Waals surface area contributed by atoms with Crippen molar-refractivity contribution in [1.29, 1.82) is 0 Å². The van der Waals surface area contributed by atoms with Crippen molar-refractivity contribution in [2.45, 2.75) is 39.3 Å². The van der Waals surface area contributed by atoms with Gasteiger partial charge in [-0.2, -0.15) is 0 Å². The van der Waals surface area contributed by atoms with Gasteiger partial charge in [-0.15, -0.1) is 0 Å². The molecule has 0 spiro atoms. The van der Waals surface area contributed by atoms with Crippen molar-refractivity contribution < 1.29 is 23.9 Å². The first kappa shape index (κ1) is 22.9. The molecule has 7 heteroatoms. The van der Waals surface area contributed by atoms with Crippen LogP contribution in [0.15, 0.2) is 54.6 Å². The van der Waals surface area contributed by atoms with Crippen LogP contribution in [0.3, 0.4) is 0 Å². The first-order chi connectivity index (χ1) is 14.3. The molecule has 0 aliphatic rings. The van der Waals surface area contributed by atoms with E-state index in [4.69, 9.17) is 9.47 Å². The van der Waals surface area contributed by atoms with E-state index in [-0.39, 0.29) is 11.8 Å². The third-order valence-corrected chi connectivity index (χ3v) is 4.81. The van der Waals surface area contributed by atoms with Gasteiger partial charge in [-0.1, -0.05) is 38.5 Å². The highest BCUT2D eigenvalue weighted by atomic mass is 16.5. The summed E-state index contributed by atoms with van der Waals surface area (Å²) in [6, 6.07) is 14.6. The standard InChI is InChI=1S/C23H28N2O5/c1-5-15(2)20(25-22(27)17-9-7-6-8-10-17)23(28)30-16(3)21(26)24-18-11-13-19(29-4)14-12-18/h6-16,20H,5H2,1-4H3,(H,24,26)(H,25,27)/t15-,16-,20-/m0/s1. The van der Waals surface area contributed by atoms with Gasteiger partial charge in [-0.25, -0.2) is 4.79 Å². The largest absolute Gasteiger partial charge is 0.497 e. The number of anilines is 1. The predicted octanol–water partition coefficient (Wildman–Crippen LogP) is 3.41. The van der Waals surface area contributed by atoms with Crippen LogP contribution >= 0.6 is 0 Å².